The molecule has 1 aromatic carbocycles. The summed E-state index contributed by atoms with van der Waals surface area (Å²) in [7, 11) is 0. The topological polar surface area (TPSA) is 24.5 Å². The van der Waals surface area contributed by atoms with Crippen LogP contribution in [0, 0.1) is 0 Å². The summed E-state index contributed by atoms with van der Waals surface area (Å²) in [5.74, 6) is 0. The fourth-order valence-electron chi connectivity index (χ4n) is 2.59. The predicted octanol–water partition coefficient (Wildman–Crippen LogP) is 3.45. The number of halogens is 1. The van der Waals surface area contributed by atoms with Crippen LogP contribution in [-0.4, -0.2) is 31.8 Å². The molecule has 1 aliphatic heterocycles. The molecule has 2 rings (SSSR count). The van der Waals surface area contributed by atoms with Gasteiger partial charge in [0.1, 0.15) is 0 Å². The molecule has 112 valence electrons. The summed E-state index contributed by atoms with van der Waals surface area (Å²) in [5.41, 5.74) is 2.55. The van der Waals surface area contributed by atoms with E-state index in [0.717, 1.165) is 37.7 Å². The van der Waals surface area contributed by atoms with E-state index in [2.05, 4.69) is 43.1 Å². The molecule has 0 aliphatic carbocycles. The minimum absolute atomic E-state index is 0.265. The minimum Gasteiger partial charge on any atom is -0.375 e. The van der Waals surface area contributed by atoms with Crippen LogP contribution in [0.3, 0.4) is 0 Å². The molecule has 0 bridgehead atoms. The quantitative estimate of drug-likeness (QED) is 0.842. The second kappa shape index (κ2) is 7.30. The number of morpholine rings is 1. The van der Waals surface area contributed by atoms with Crippen molar-refractivity contribution in [3.05, 3.63) is 28.8 Å². The van der Waals surface area contributed by atoms with Crippen molar-refractivity contribution < 1.29 is 4.74 Å². The van der Waals surface area contributed by atoms with E-state index >= 15 is 0 Å². The van der Waals surface area contributed by atoms with Crippen molar-refractivity contribution in [1.82, 2.24) is 5.32 Å². The Balaban J connectivity index is 2.21. The summed E-state index contributed by atoms with van der Waals surface area (Å²) >= 11 is 6.20. The Bertz CT molecular complexity index is 438. The maximum absolute atomic E-state index is 6.20. The molecular weight excluding hydrogens is 272 g/mol. The fourth-order valence-corrected chi connectivity index (χ4v) is 2.76. The number of rotatable bonds is 5. The Kier molecular flexibility index (Phi) is 5.70. The van der Waals surface area contributed by atoms with Crippen molar-refractivity contribution in [2.24, 2.45) is 0 Å². The molecule has 0 spiro atoms. The van der Waals surface area contributed by atoms with Gasteiger partial charge in [0.15, 0.2) is 0 Å². The van der Waals surface area contributed by atoms with Crippen LogP contribution in [0.25, 0.3) is 0 Å². The van der Waals surface area contributed by atoms with Gasteiger partial charge in [0.25, 0.3) is 0 Å². The molecule has 0 amide bonds. The van der Waals surface area contributed by atoms with Gasteiger partial charge in [-0.15, -0.1) is 0 Å². The number of anilines is 1. The van der Waals surface area contributed by atoms with Crippen LogP contribution in [0.1, 0.15) is 32.8 Å². The van der Waals surface area contributed by atoms with E-state index in [0.29, 0.717) is 6.04 Å². The second-order valence-corrected chi connectivity index (χ2v) is 6.03. The lowest BCUT2D eigenvalue weighted by molar-refractivity contribution is 0.0343. The van der Waals surface area contributed by atoms with Gasteiger partial charge in [0.05, 0.1) is 12.7 Å². The third-order valence-electron chi connectivity index (χ3n) is 3.71. The van der Waals surface area contributed by atoms with Crippen LogP contribution in [-0.2, 0) is 11.3 Å². The average Bonchev–Trinajstić information content (AvgIpc) is 2.43. The maximum Gasteiger partial charge on any atom is 0.0723 e. The zero-order chi connectivity index (χ0) is 14.5. The number of ether oxygens (including phenoxy) is 1. The summed E-state index contributed by atoms with van der Waals surface area (Å²) in [6.07, 6.45) is 1.41. The van der Waals surface area contributed by atoms with Gasteiger partial charge in [0.2, 0.25) is 0 Å². The molecule has 1 saturated heterocycles. The lowest BCUT2D eigenvalue weighted by Crippen LogP contribution is -2.47. The van der Waals surface area contributed by atoms with Crippen molar-refractivity contribution in [3.8, 4) is 0 Å². The Morgan fingerprint density at radius 1 is 1.40 bits per heavy atom. The van der Waals surface area contributed by atoms with Gasteiger partial charge >= 0.3 is 0 Å². The summed E-state index contributed by atoms with van der Waals surface area (Å²) in [5, 5.41) is 4.27. The van der Waals surface area contributed by atoms with Gasteiger partial charge in [-0.25, -0.2) is 0 Å². The van der Waals surface area contributed by atoms with Crippen LogP contribution < -0.4 is 10.2 Å². The Morgan fingerprint density at radius 2 is 2.20 bits per heavy atom. The molecule has 4 heteroatoms. The van der Waals surface area contributed by atoms with Gasteiger partial charge in [0, 0.05) is 29.8 Å². The highest BCUT2D eigenvalue weighted by Gasteiger charge is 2.25. The first kappa shape index (κ1) is 15.6. The highest BCUT2D eigenvalue weighted by molar-refractivity contribution is 6.30. The third-order valence-corrected chi connectivity index (χ3v) is 3.94. The summed E-state index contributed by atoms with van der Waals surface area (Å²) in [6.45, 7) is 10.1. The summed E-state index contributed by atoms with van der Waals surface area (Å²) < 4.78 is 5.72. The third kappa shape index (κ3) is 3.87. The lowest BCUT2D eigenvalue weighted by Gasteiger charge is -2.39. The largest absolute Gasteiger partial charge is 0.375 e. The minimum atomic E-state index is 0.265. The maximum atomic E-state index is 6.20. The Labute approximate surface area is 127 Å². The van der Waals surface area contributed by atoms with Crippen molar-refractivity contribution in [3.63, 3.8) is 0 Å². The molecule has 0 aromatic heterocycles. The van der Waals surface area contributed by atoms with Gasteiger partial charge in [-0.1, -0.05) is 24.6 Å². The van der Waals surface area contributed by atoms with E-state index in [1.165, 1.54) is 11.3 Å². The number of nitrogens with one attached hydrogen (secondary N) is 1. The van der Waals surface area contributed by atoms with Crippen LogP contribution in [0.5, 0.6) is 0 Å². The Hall–Kier alpha value is -0.770. The van der Waals surface area contributed by atoms with E-state index in [4.69, 9.17) is 16.3 Å². The Morgan fingerprint density at radius 3 is 2.95 bits per heavy atom. The van der Waals surface area contributed by atoms with E-state index < -0.39 is 0 Å². The van der Waals surface area contributed by atoms with E-state index in [-0.39, 0.29) is 6.10 Å². The average molecular weight is 297 g/mol. The van der Waals surface area contributed by atoms with Gasteiger partial charge in [-0.3, -0.25) is 0 Å². The molecule has 2 atom stereocenters. The first-order chi connectivity index (χ1) is 9.61. The van der Waals surface area contributed by atoms with Gasteiger partial charge in [-0.2, -0.15) is 0 Å². The number of hydrogen-bond acceptors (Lipinski definition) is 3. The van der Waals surface area contributed by atoms with E-state index in [1.54, 1.807) is 0 Å². The smallest absolute Gasteiger partial charge is 0.0723 e. The van der Waals surface area contributed by atoms with Crippen LogP contribution in [0.4, 0.5) is 5.69 Å². The SMILES string of the molecule is CCCNCc1ccc(Cl)cc1N1CC(C)OCC1C. The molecule has 1 aromatic rings. The monoisotopic (exact) mass is 296 g/mol. The molecule has 20 heavy (non-hydrogen) atoms. The number of nitrogens with zero attached hydrogens (tertiary/aromatic N) is 1. The standard InChI is InChI=1S/C16H25ClN2O/c1-4-7-18-9-14-5-6-15(17)8-16(14)19-10-13(3)20-11-12(19)2/h5-6,8,12-13,18H,4,7,9-11H2,1-3H3. The molecule has 1 N–H and O–H groups in total. The zero-order valence-corrected chi connectivity index (χ0v) is 13.4. The summed E-state index contributed by atoms with van der Waals surface area (Å²) in [4.78, 5) is 2.42. The first-order valence-corrected chi connectivity index (χ1v) is 7.87. The van der Waals surface area contributed by atoms with Crippen molar-refractivity contribution in [2.45, 2.75) is 45.9 Å². The normalized spacial score (nSPS) is 23.1. The van der Waals surface area contributed by atoms with Crippen LogP contribution in [0.15, 0.2) is 18.2 Å². The summed E-state index contributed by atoms with van der Waals surface area (Å²) in [6, 6.07) is 6.57. The zero-order valence-electron chi connectivity index (χ0n) is 12.7. The molecule has 1 heterocycles. The predicted molar refractivity (Wildman–Crippen MR) is 85.7 cm³/mol. The first-order valence-electron chi connectivity index (χ1n) is 7.49. The van der Waals surface area contributed by atoms with Crippen LogP contribution >= 0.6 is 11.6 Å². The van der Waals surface area contributed by atoms with Gasteiger partial charge < -0.3 is 15.0 Å². The lowest BCUT2D eigenvalue weighted by atomic mass is 10.1. The van der Waals surface area contributed by atoms with Crippen molar-refractivity contribution in [2.75, 3.05) is 24.6 Å². The highest BCUT2D eigenvalue weighted by Crippen LogP contribution is 2.29. The van der Waals surface area contributed by atoms with E-state index in [9.17, 15) is 0 Å². The van der Waals surface area contributed by atoms with Crippen molar-refractivity contribution in [1.29, 1.82) is 0 Å². The second-order valence-electron chi connectivity index (χ2n) is 5.60. The molecule has 2 unspecified atom stereocenters. The number of benzene rings is 1. The van der Waals surface area contributed by atoms with E-state index in [1.807, 2.05) is 6.07 Å². The highest BCUT2D eigenvalue weighted by atomic mass is 35.5. The molecule has 1 aliphatic rings. The fraction of sp³-hybridized carbons (Fsp3) is 0.625. The molecular formula is C16H25ClN2O. The molecule has 3 nitrogen and oxygen atoms in total. The van der Waals surface area contributed by atoms with Gasteiger partial charge in [-0.05, 0) is 44.5 Å². The molecule has 0 saturated carbocycles. The molecule has 0 radical (unpaired) electrons. The molecule has 1 fully saturated rings. The van der Waals surface area contributed by atoms with Crippen molar-refractivity contribution >= 4 is 17.3 Å². The van der Waals surface area contributed by atoms with Crippen LogP contribution in [0.2, 0.25) is 5.02 Å². The number of hydrogen-bond donors (Lipinski definition) is 1.